The maximum absolute atomic E-state index is 12.9. The van der Waals surface area contributed by atoms with E-state index in [1.807, 2.05) is 0 Å². The Labute approximate surface area is 138 Å². The first-order valence-electron chi connectivity index (χ1n) is 6.36. The molecule has 2 rings (SSSR count). The molecule has 0 heterocycles. The lowest BCUT2D eigenvalue weighted by atomic mass is 10.3. The zero-order valence-electron chi connectivity index (χ0n) is 11.6. The van der Waals surface area contributed by atoms with Gasteiger partial charge >= 0.3 is 6.61 Å². The third-order valence-electron chi connectivity index (χ3n) is 2.62. The lowest BCUT2D eigenvalue weighted by Gasteiger charge is -2.09. The van der Waals surface area contributed by atoms with E-state index in [0.717, 1.165) is 0 Å². The lowest BCUT2D eigenvalue weighted by Crippen LogP contribution is -2.20. The van der Waals surface area contributed by atoms with Crippen molar-refractivity contribution < 1.29 is 27.4 Å². The van der Waals surface area contributed by atoms with Crippen LogP contribution in [-0.2, 0) is 4.79 Å². The summed E-state index contributed by atoms with van der Waals surface area (Å²) in [6.07, 6.45) is 0. The van der Waals surface area contributed by atoms with Gasteiger partial charge in [-0.15, -0.1) is 0 Å². The van der Waals surface area contributed by atoms with Gasteiger partial charge in [-0.3, -0.25) is 4.79 Å². The molecule has 0 fully saturated rings. The minimum absolute atomic E-state index is 0.00973. The van der Waals surface area contributed by atoms with Gasteiger partial charge in [-0.2, -0.15) is 8.78 Å². The molecule has 2 aromatic carbocycles. The van der Waals surface area contributed by atoms with Crippen LogP contribution in [0.3, 0.4) is 0 Å². The fourth-order valence-corrected chi connectivity index (χ4v) is 2.12. The summed E-state index contributed by atoms with van der Waals surface area (Å²) in [6, 6.07) is 9.27. The molecule has 0 aliphatic carbocycles. The van der Waals surface area contributed by atoms with Crippen LogP contribution in [0, 0.1) is 5.82 Å². The first-order valence-corrected chi connectivity index (χ1v) is 7.16. The number of rotatable bonds is 6. The van der Waals surface area contributed by atoms with Gasteiger partial charge < -0.3 is 14.8 Å². The summed E-state index contributed by atoms with van der Waals surface area (Å²) in [5.41, 5.74) is 0.401. The molecule has 8 heteroatoms. The molecule has 1 amide bonds. The highest BCUT2D eigenvalue weighted by molar-refractivity contribution is 9.10. The van der Waals surface area contributed by atoms with Gasteiger partial charge in [0.25, 0.3) is 5.91 Å². The van der Waals surface area contributed by atoms with Crippen LogP contribution >= 0.6 is 15.9 Å². The van der Waals surface area contributed by atoms with Crippen LogP contribution in [0.1, 0.15) is 0 Å². The largest absolute Gasteiger partial charge is 0.483 e. The van der Waals surface area contributed by atoms with Crippen molar-refractivity contribution in [1.82, 2.24) is 0 Å². The molecule has 0 aliphatic rings. The Morgan fingerprint density at radius 1 is 1.17 bits per heavy atom. The maximum Gasteiger partial charge on any atom is 0.387 e. The van der Waals surface area contributed by atoms with Crippen molar-refractivity contribution in [2.45, 2.75) is 6.61 Å². The molecule has 23 heavy (non-hydrogen) atoms. The zero-order valence-corrected chi connectivity index (χ0v) is 13.1. The molecule has 4 nitrogen and oxygen atoms in total. The molecule has 0 saturated carbocycles. The fourth-order valence-electron chi connectivity index (χ4n) is 1.65. The van der Waals surface area contributed by atoms with Crippen molar-refractivity contribution in [2.24, 2.45) is 0 Å². The van der Waals surface area contributed by atoms with E-state index in [1.54, 1.807) is 0 Å². The molecule has 0 saturated heterocycles. The molecule has 0 spiro atoms. The molecule has 0 bridgehead atoms. The molecule has 1 N–H and O–H groups in total. The van der Waals surface area contributed by atoms with Crippen LogP contribution in [-0.4, -0.2) is 19.1 Å². The van der Waals surface area contributed by atoms with Gasteiger partial charge in [-0.1, -0.05) is 0 Å². The summed E-state index contributed by atoms with van der Waals surface area (Å²) in [6.45, 7) is -3.20. The second-order valence-electron chi connectivity index (χ2n) is 4.31. The highest BCUT2D eigenvalue weighted by atomic mass is 79.9. The van der Waals surface area contributed by atoms with Gasteiger partial charge in [0.1, 0.15) is 17.3 Å². The van der Waals surface area contributed by atoms with E-state index in [4.69, 9.17) is 4.74 Å². The average Bonchev–Trinajstić information content (AvgIpc) is 2.48. The highest BCUT2D eigenvalue weighted by Crippen LogP contribution is 2.25. The average molecular weight is 390 g/mol. The number of hydrogen-bond donors (Lipinski definition) is 1. The number of ether oxygens (including phenoxy) is 2. The Morgan fingerprint density at radius 3 is 2.48 bits per heavy atom. The van der Waals surface area contributed by atoms with Crippen LogP contribution in [0.25, 0.3) is 0 Å². The van der Waals surface area contributed by atoms with E-state index in [0.29, 0.717) is 15.9 Å². The van der Waals surface area contributed by atoms with Gasteiger partial charge in [0.05, 0.1) is 4.47 Å². The van der Waals surface area contributed by atoms with Gasteiger partial charge in [0, 0.05) is 5.69 Å². The predicted molar refractivity (Wildman–Crippen MR) is 81.3 cm³/mol. The number of halogens is 4. The van der Waals surface area contributed by atoms with Crippen molar-refractivity contribution in [3.63, 3.8) is 0 Å². The minimum Gasteiger partial charge on any atom is -0.483 e. The standard InChI is InChI=1S/C15H11BrF3NO3/c16-12-7-9(17)1-6-13(12)22-8-14(21)20-10-2-4-11(5-3-10)23-15(18)19/h1-7,15H,8H2,(H,20,21). The van der Waals surface area contributed by atoms with Crippen molar-refractivity contribution >= 4 is 27.5 Å². The molecule has 0 atom stereocenters. The van der Waals surface area contributed by atoms with E-state index in [9.17, 15) is 18.0 Å². The number of benzene rings is 2. The Balaban J connectivity index is 1.87. The number of carbonyl (C=O) groups excluding carboxylic acids is 1. The first kappa shape index (κ1) is 17.1. The summed E-state index contributed by atoms with van der Waals surface area (Å²) < 4.78 is 46.8. The second-order valence-corrected chi connectivity index (χ2v) is 5.17. The second kappa shape index (κ2) is 7.87. The summed E-state index contributed by atoms with van der Waals surface area (Å²) in [4.78, 5) is 11.7. The molecule has 0 unspecified atom stereocenters. The summed E-state index contributed by atoms with van der Waals surface area (Å²) in [5, 5.41) is 2.53. The van der Waals surface area contributed by atoms with Gasteiger partial charge in [-0.05, 0) is 58.4 Å². The molecule has 2 aromatic rings. The summed E-state index contributed by atoms with van der Waals surface area (Å²) >= 11 is 3.12. The normalized spacial score (nSPS) is 10.5. The van der Waals surface area contributed by atoms with E-state index in [-0.39, 0.29) is 12.4 Å². The zero-order chi connectivity index (χ0) is 16.8. The van der Waals surface area contributed by atoms with Crippen molar-refractivity contribution in [3.8, 4) is 11.5 Å². The number of hydrogen-bond acceptors (Lipinski definition) is 3. The topological polar surface area (TPSA) is 47.6 Å². The number of nitrogens with one attached hydrogen (secondary N) is 1. The summed E-state index contributed by atoms with van der Waals surface area (Å²) in [7, 11) is 0. The molecule has 0 aliphatic heterocycles. The first-order chi connectivity index (χ1) is 10.9. The number of carbonyl (C=O) groups is 1. The third kappa shape index (κ3) is 5.48. The summed E-state index contributed by atoms with van der Waals surface area (Å²) in [5.74, 6) is -0.574. The number of amides is 1. The Morgan fingerprint density at radius 2 is 1.87 bits per heavy atom. The van der Waals surface area contributed by atoms with Crippen molar-refractivity contribution in [3.05, 3.63) is 52.8 Å². The Kier molecular flexibility index (Phi) is 5.86. The van der Waals surface area contributed by atoms with Crippen LogP contribution in [0.5, 0.6) is 11.5 Å². The van der Waals surface area contributed by atoms with Crippen LogP contribution in [0.15, 0.2) is 46.9 Å². The highest BCUT2D eigenvalue weighted by Gasteiger charge is 2.08. The monoisotopic (exact) mass is 389 g/mol. The molecular formula is C15H11BrF3NO3. The van der Waals surface area contributed by atoms with Crippen LogP contribution < -0.4 is 14.8 Å². The number of alkyl halides is 2. The molecule has 122 valence electrons. The third-order valence-corrected chi connectivity index (χ3v) is 3.24. The van der Waals surface area contributed by atoms with E-state index in [2.05, 4.69) is 26.0 Å². The van der Waals surface area contributed by atoms with Crippen molar-refractivity contribution in [2.75, 3.05) is 11.9 Å². The predicted octanol–water partition coefficient (Wildman–Crippen LogP) is 4.21. The van der Waals surface area contributed by atoms with Gasteiger partial charge in [0.15, 0.2) is 6.61 Å². The smallest absolute Gasteiger partial charge is 0.387 e. The quantitative estimate of drug-likeness (QED) is 0.804. The van der Waals surface area contributed by atoms with Gasteiger partial charge in [0.2, 0.25) is 0 Å². The number of anilines is 1. The fraction of sp³-hybridized carbons (Fsp3) is 0.133. The van der Waals surface area contributed by atoms with Crippen LogP contribution in [0.2, 0.25) is 0 Å². The maximum atomic E-state index is 12.9. The minimum atomic E-state index is -2.90. The molecular weight excluding hydrogens is 379 g/mol. The SMILES string of the molecule is O=C(COc1ccc(F)cc1Br)Nc1ccc(OC(F)F)cc1. The van der Waals surface area contributed by atoms with Crippen molar-refractivity contribution in [1.29, 1.82) is 0 Å². The van der Waals surface area contributed by atoms with E-state index >= 15 is 0 Å². The van der Waals surface area contributed by atoms with Crippen LogP contribution in [0.4, 0.5) is 18.9 Å². The molecule has 0 radical (unpaired) electrons. The lowest BCUT2D eigenvalue weighted by molar-refractivity contribution is -0.118. The molecule has 0 aromatic heterocycles. The van der Waals surface area contributed by atoms with E-state index < -0.39 is 18.3 Å². The Hall–Kier alpha value is -2.22. The van der Waals surface area contributed by atoms with Gasteiger partial charge in [-0.25, -0.2) is 4.39 Å². The van der Waals surface area contributed by atoms with E-state index in [1.165, 1.54) is 42.5 Å². The Bertz CT molecular complexity index is 680.